The van der Waals surface area contributed by atoms with E-state index in [1.165, 1.54) is 24.2 Å². The summed E-state index contributed by atoms with van der Waals surface area (Å²) in [5.74, 6) is 0. The van der Waals surface area contributed by atoms with Crippen LogP contribution in [-0.4, -0.2) is 32.3 Å². The van der Waals surface area contributed by atoms with Crippen LogP contribution < -0.4 is 10.2 Å². The monoisotopic (exact) mass is 260 g/mol. The van der Waals surface area contributed by atoms with Crippen molar-refractivity contribution in [1.82, 2.24) is 0 Å². The van der Waals surface area contributed by atoms with Gasteiger partial charge in [-0.2, -0.15) is 0 Å². The molecule has 1 unspecified atom stereocenters. The van der Waals surface area contributed by atoms with Crippen LogP contribution in [0.25, 0.3) is 0 Å². The third kappa shape index (κ3) is 2.71. The van der Waals surface area contributed by atoms with Crippen molar-refractivity contribution in [3.05, 3.63) is 24.3 Å². The summed E-state index contributed by atoms with van der Waals surface area (Å²) in [4.78, 5) is 2.42. The lowest BCUT2D eigenvalue weighted by Crippen LogP contribution is -2.37. The SMILES string of the molecule is CC(Nc1ccccc1N1CCOCC1)C1(C)CC1. The molecule has 1 saturated heterocycles. The zero-order valence-corrected chi connectivity index (χ0v) is 12.0. The van der Waals surface area contributed by atoms with Crippen molar-refractivity contribution < 1.29 is 4.74 Å². The summed E-state index contributed by atoms with van der Waals surface area (Å²) in [5, 5.41) is 3.73. The molecule has 1 atom stereocenters. The van der Waals surface area contributed by atoms with Gasteiger partial charge in [0.2, 0.25) is 0 Å². The number of nitrogens with zero attached hydrogens (tertiary/aromatic N) is 1. The smallest absolute Gasteiger partial charge is 0.0642 e. The zero-order valence-electron chi connectivity index (χ0n) is 12.0. The van der Waals surface area contributed by atoms with Gasteiger partial charge in [0.1, 0.15) is 0 Å². The lowest BCUT2D eigenvalue weighted by Gasteiger charge is -2.32. The van der Waals surface area contributed by atoms with Crippen LogP contribution in [-0.2, 0) is 4.74 Å². The molecule has 1 aliphatic heterocycles. The average Bonchev–Trinajstić information content (AvgIpc) is 3.20. The van der Waals surface area contributed by atoms with Crippen LogP contribution in [0.5, 0.6) is 0 Å². The second-order valence-corrected chi connectivity index (χ2v) is 6.14. The predicted molar refractivity (Wildman–Crippen MR) is 79.9 cm³/mol. The van der Waals surface area contributed by atoms with Gasteiger partial charge in [0.05, 0.1) is 24.6 Å². The highest BCUT2D eigenvalue weighted by atomic mass is 16.5. The molecule has 0 amide bonds. The Bertz CT molecular complexity index is 436. The van der Waals surface area contributed by atoms with E-state index < -0.39 is 0 Å². The van der Waals surface area contributed by atoms with Crippen molar-refractivity contribution in [3.8, 4) is 0 Å². The Kier molecular flexibility index (Phi) is 3.40. The molecule has 1 aromatic rings. The molecule has 3 heteroatoms. The fraction of sp³-hybridized carbons (Fsp3) is 0.625. The Morgan fingerprint density at radius 2 is 1.89 bits per heavy atom. The van der Waals surface area contributed by atoms with Crippen molar-refractivity contribution in [1.29, 1.82) is 0 Å². The number of para-hydroxylation sites is 2. The van der Waals surface area contributed by atoms with Crippen LogP contribution in [0.2, 0.25) is 0 Å². The minimum atomic E-state index is 0.498. The zero-order chi connectivity index (χ0) is 13.3. The van der Waals surface area contributed by atoms with Crippen molar-refractivity contribution in [2.45, 2.75) is 32.7 Å². The van der Waals surface area contributed by atoms with Gasteiger partial charge in [-0.15, -0.1) is 0 Å². The van der Waals surface area contributed by atoms with Crippen LogP contribution in [0.1, 0.15) is 26.7 Å². The summed E-state index contributed by atoms with van der Waals surface area (Å²) in [5.41, 5.74) is 3.09. The first-order valence-electron chi connectivity index (χ1n) is 7.37. The molecule has 3 nitrogen and oxygen atoms in total. The highest BCUT2D eigenvalue weighted by molar-refractivity contribution is 5.70. The van der Waals surface area contributed by atoms with Gasteiger partial charge in [-0.25, -0.2) is 0 Å². The standard InChI is InChI=1S/C16H24N2O/c1-13(16(2)7-8-16)17-14-5-3-4-6-15(14)18-9-11-19-12-10-18/h3-6,13,17H,7-12H2,1-2H3. The first-order chi connectivity index (χ1) is 9.19. The van der Waals surface area contributed by atoms with E-state index in [9.17, 15) is 0 Å². The number of morpholine rings is 1. The Morgan fingerprint density at radius 3 is 2.58 bits per heavy atom. The van der Waals surface area contributed by atoms with Gasteiger partial charge in [0.15, 0.2) is 0 Å². The van der Waals surface area contributed by atoms with E-state index in [1.807, 2.05) is 0 Å². The lowest BCUT2D eigenvalue weighted by atomic mass is 10.0. The molecular formula is C16H24N2O. The third-order valence-corrected chi connectivity index (χ3v) is 4.71. The van der Waals surface area contributed by atoms with Gasteiger partial charge >= 0.3 is 0 Å². The number of anilines is 2. The molecule has 19 heavy (non-hydrogen) atoms. The van der Waals surface area contributed by atoms with Crippen LogP contribution in [0.3, 0.4) is 0 Å². The van der Waals surface area contributed by atoms with Crippen molar-refractivity contribution >= 4 is 11.4 Å². The maximum atomic E-state index is 5.44. The van der Waals surface area contributed by atoms with E-state index in [1.54, 1.807) is 0 Å². The molecule has 0 bridgehead atoms. The average molecular weight is 260 g/mol. The number of benzene rings is 1. The van der Waals surface area contributed by atoms with E-state index >= 15 is 0 Å². The van der Waals surface area contributed by atoms with Crippen LogP contribution in [0.4, 0.5) is 11.4 Å². The maximum Gasteiger partial charge on any atom is 0.0642 e. The van der Waals surface area contributed by atoms with Crippen LogP contribution >= 0.6 is 0 Å². The molecule has 0 spiro atoms. The molecule has 2 aliphatic rings. The van der Waals surface area contributed by atoms with E-state index in [-0.39, 0.29) is 0 Å². The molecule has 1 aromatic carbocycles. The first-order valence-corrected chi connectivity index (χ1v) is 7.37. The Morgan fingerprint density at radius 1 is 1.21 bits per heavy atom. The predicted octanol–water partition coefficient (Wildman–Crippen LogP) is 3.12. The summed E-state index contributed by atoms with van der Waals surface area (Å²) in [7, 11) is 0. The van der Waals surface area contributed by atoms with Gasteiger partial charge in [0.25, 0.3) is 0 Å². The fourth-order valence-corrected chi connectivity index (χ4v) is 2.71. The normalized spacial score (nSPS) is 22.9. The summed E-state index contributed by atoms with van der Waals surface area (Å²) in [6.45, 7) is 8.34. The topological polar surface area (TPSA) is 24.5 Å². The number of rotatable bonds is 4. The van der Waals surface area contributed by atoms with Crippen LogP contribution in [0, 0.1) is 5.41 Å². The molecule has 1 N–H and O–H groups in total. The molecule has 1 saturated carbocycles. The fourth-order valence-electron chi connectivity index (χ4n) is 2.71. The highest BCUT2D eigenvalue weighted by Gasteiger charge is 2.42. The van der Waals surface area contributed by atoms with Gasteiger partial charge in [-0.3, -0.25) is 0 Å². The van der Waals surface area contributed by atoms with Gasteiger partial charge < -0.3 is 15.0 Å². The molecule has 2 fully saturated rings. The summed E-state index contributed by atoms with van der Waals surface area (Å²) < 4.78 is 5.44. The Labute approximate surface area is 115 Å². The maximum absolute atomic E-state index is 5.44. The summed E-state index contributed by atoms with van der Waals surface area (Å²) >= 11 is 0. The minimum absolute atomic E-state index is 0.498. The third-order valence-electron chi connectivity index (χ3n) is 4.71. The number of nitrogens with one attached hydrogen (secondary N) is 1. The molecule has 0 aromatic heterocycles. The van der Waals surface area contributed by atoms with E-state index in [2.05, 4.69) is 48.3 Å². The van der Waals surface area contributed by atoms with E-state index in [0.717, 1.165) is 26.3 Å². The second-order valence-electron chi connectivity index (χ2n) is 6.14. The molecular weight excluding hydrogens is 236 g/mol. The van der Waals surface area contributed by atoms with Crippen molar-refractivity contribution in [2.24, 2.45) is 5.41 Å². The number of hydrogen-bond acceptors (Lipinski definition) is 3. The van der Waals surface area contributed by atoms with Gasteiger partial charge in [-0.1, -0.05) is 19.1 Å². The lowest BCUT2D eigenvalue weighted by molar-refractivity contribution is 0.123. The van der Waals surface area contributed by atoms with E-state index in [4.69, 9.17) is 4.74 Å². The van der Waals surface area contributed by atoms with Crippen molar-refractivity contribution in [2.75, 3.05) is 36.5 Å². The van der Waals surface area contributed by atoms with Crippen LogP contribution in [0.15, 0.2) is 24.3 Å². The van der Waals surface area contributed by atoms with Gasteiger partial charge in [-0.05, 0) is 37.3 Å². The van der Waals surface area contributed by atoms with Gasteiger partial charge in [0, 0.05) is 19.1 Å². The molecule has 0 radical (unpaired) electrons. The quantitative estimate of drug-likeness (QED) is 0.900. The summed E-state index contributed by atoms with van der Waals surface area (Å²) in [6, 6.07) is 9.20. The largest absolute Gasteiger partial charge is 0.380 e. The first kappa shape index (κ1) is 12.8. The molecule has 1 aliphatic carbocycles. The summed E-state index contributed by atoms with van der Waals surface area (Å²) in [6.07, 6.45) is 2.70. The highest BCUT2D eigenvalue weighted by Crippen LogP contribution is 2.49. The van der Waals surface area contributed by atoms with Crippen molar-refractivity contribution in [3.63, 3.8) is 0 Å². The Hall–Kier alpha value is -1.22. The Balaban J connectivity index is 1.76. The van der Waals surface area contributed by atoms with E-state index in [0.29, 0.717) is 11.5 Å². The molecule has 3 rings (SSSR count). The second kappa shape index (κ2) is 5.04. The number of ether oxygens (including phenoxy) is 1. The molecule has 1 heterocycles. The number of hydrogen-bond donors (Lipinski definition) is 1. The molecule has 104 valence electrons. The minimum Gasteiger partial charge on any atom is -0.380 e.